The summed E-state index contributed by atoms with van der Waals surface area (Å²) in [6.45, 7) is 0. The van der Waals surface area contributed by atoms with Crippen LogP contribution >= 0.6 is 11.3 Å². The van der Waals surface area contributed by atoms with Crippen LogP contribution in [0.5, 0.6) is 0 Å². The molecule has 0 saturated carbocycles. The van der Waals surface area contributed by atoms with Gasteiger partial charge in [-0.2, -0.15) is 5.10 Å². The van der Waals surface area contributed by atoms with Gasteiger partial charge in [0.05, 0.1) is 5.69 Å². The van der Waals surface area contributed by atoms with Gasteiger partial charge in [-0.25, -0.2) is 4.68 Å². The van der Waals surface area contributed by atoms with Gasteiger partial charge >= 0.3 is 0 Å². The van der Waals surface area contributed by atoms with E-state index in [0.29, 0.717) is 10.7 Å². The molecular weight excluding hydrogens is 262 g/mol. The molecule has 2 heterocycles. The van der Waals surface area contributed by atoms with Gasteiger partial charge in [0.25, 0.3) is 5.91 Å². The Morgan fingerprint density at radius 1 is 1.26 bits per heavy atom. The minimum absolute atomic E-state index is 0.205. The number of carbonyl (C=O) groups is 1. The maximum absolute atomic E-state index is 11.9. The van der Waals surface area contributed by atoms with Crippen molar-refractivity contribution in [3.63, 3.8) is 0 Å². The standard InChI is InChI=1S/C12H9N5OS/c18-11(15-12-16-13-8-19-12)9-2-4-10(5-3-9)17-7-1-6-14-17/h1-8H,(H,15,16,18). The van der Waals surface area contributed by atoms with Crippen LogP contribution in [0.2, 0.25) is 0 Å². The Balaban J connectivity index is 1.77. The van der Waals surface area contributed by atoms with E-state index < -0.39 is 0 Å². The summed E-state index contributed by atoms with van der Waals surface area (Å²) in [7, 11) is 0. The summed E-state index contributed by atoms with van der Waals surface area (Å²) in [4.78, 5) is 11.9. The SMILES string of the molecule is O=C(Nc1nncs1)c1ccc(-n2cccn2)cc1. The molecule has 0 saturated heterocycles. The Hall–Kier alpha value is -2.54. The lowest BCUT2D eigenvalue weighted by molar-refractivity contribution is 0.102. The van der Waals surface area contributed by atoms with Crippen LogP contribution in [0.4, 0.5) is 5.13 Å². The van der Waals surface area contributed by atoms with Crippen LogP contribution in [-0.2, 0) is 0 Å². The molecule has 94 valence electrons. The van der Waals surface area contributed by atoms with Crippen LogP contribution < -0.4 is 5.32 Å². The first-order valence-electron chi connectivity index (χ1n) is 5.50. The van der Waals surface area contributed by atoms with Gasteiger partial charge in [-0.05, 0) is 30.3 Å². The van der Waals surface area contributed by atoms with Crippen LogP contribution in [0, 0.1) is 0 Å². The molecule has 0 radical (unpaired) electrons. The van der Waals surface area contributed by atoms with Crippen LogP contribution in [0.15, 0.2) is 48.2 Å². The first-order chi connectivity index (χ1) is 9.33. The molecule has 0 aliphatic carbocycles. The van der Waals surface area contributed by atoms with Gasteiger partial charge in [0.1, 0.15) is 5.51 Å². The Bertz CT molecular complexity index is 661. The number of rotatable bonds is 3. The van der Waals surface area contributed by atoms with Crippen LogP contribution in [0.25, 0.3) is 5.69 Å². The Kier molecular flexibility index (Phi) is 3.03. The summed E-state index contributed by atoms with van der Waals surface area (Å²) < 4.78 is 1.73. The second-order valence-electron chi connectivity index (χ2n) is 3.70. The zero-order valence-electron chi connectivity index (χ0n) is 9.72. The summed E-state index contributed by atoms with van der Waals surface area (Å²) >= 11 is 1.28. The van der Waals surface area contributed by atoms with Gasteiger partial charge in [-0.3, -0.25) is 10.1 Å². The number of anilines is 1. The first-order valence-corrected chi connectivity index (χ1v) is 6.38. The average Bonchev–Trinajstić information content (AvgIpc) is 3.12. The fourth-order valence-electron chi connectivity index (χ4n) is 1.58. The Morgan fingerprint density at radius 2 is 2.11 bits per heavy atom. The maximum atomic E-state index is 11.9. The molecule has 0 spiro atoms. The number of hydrogen-bond donors (Lipinski definition) is 1. The molecule has 1 amide bonds. The van der Waals surface area contributed by atoms with Crippen LogP contribution in [-0.4, -0.2) is 25.9 Å². The van der Waals surface area contributed by atoms with Crippen molar-refractivity contribution >= 4 is 22.4 Å². The zero-order valence-corrected chi connectivity index (χ0v) is 10.5. The van der Waals surface area contributed by atoms with Crippen molar-refractivity contribution in [2.24, 2.45) is 0 Å². The van der Waals surface area contributed by atoms with E-state index in [1.54, 1.807) is 28.5 Å². The monoisotopic (exact) mass is 271 g/mol. The van der Waals surface area contributed by atoms with Crippen LogP contribution in [0.1, 0.15) is 10.4 Å². The Labute approximate surface area is 112 Å². The molecule has 2 aromatic heterocycles. The molecule has 3 rings (SSSR count). The summed E-state index contributed by atoms with van der Waals surface area (Å²) in [5.41, 5.74) is 3.03. The molecule has 3 aromatic rings. The minimum Gasteiger partial charge on any atom is -0.296 e. The highest BCUT2D eigenvalue weighted by molar-refractivity contribution is 7.13. The van der Waals surface area contributed by atoms with E-state index in [9.17, 15) is 4.79 Å². The minimum atomic E-state index is -0.205. The third-order valence-corrected chi connectivity index (χ3v) is 3.09. The third kappa shape index (κ3) is 2.50. The summed E-state index contributed by atoms with van der Waals surface area (Å²) in [6, 6.07) is 9.00. The Morgan fingerprint density at radius 3 is 2.74 bits per heavy atom. The largest absolute Gasteiger partial charge is 0.296 e. The molecule has 0 fully saturated rings. The van der Waals surface area contributed by atoms with Gasteiger partial charge in [0.2, 0.25) is 5.13 Å². The average molecular weight is 271 g/mol. The van der Waals surface area contributed by atoms with E-state index in [4.69, 9.17) is 0 Å². The smallest absolute Gasteiger partial charge is 0.257 e. The molecule has 0 unspecified atom stereocenters. The second-order valence-corrected chi connectivity index (χ2v) is 4.53. The van der Waals surface area contributed by atoms with Crippen molar-refractivity contribution in [1.29, 1.82) is 0 Å². The van der Waals surface area contributed by atoms with E-state index in [1.807, 2.05) is 24.4 Å². The highest BCUT2D eigenvalue weighted by Gasteiger charge is 2.08. The topological polar surface area (TPSA) is 72.7 Å². The molecule has 0 atom stereocenters. The van der Waals surface area contributed by atoms with Crippen molar-refractivity contribution in [3.8, 4) is 5.69 Å². The van der Waals surface area contributed by atoms with Gasteiger partial charge in [0.15, 0.2) is 0 Å². The normalized spacial score (nSPS) is 10.3. The lowest BCUT2D eigenvalue weighted by Gasteiger charge is -2.04. The number of hydrogen-bond acceptors (Lipinski definition) is 5. The number of amides is 1. The van der Waals surface area contributed by atoms with Crippen molar-refractivity contribution in [3.05, 3.63) is 53.8 Å². The maximum Gasteiger partial charge on any atom is 0.257 e. The van der Waals surface area contributed by atoms with Crippen molar-refractivity contribution < 1.29 is 4.79 Å². The van der Waals surface area contributed by atoms with Crippen LogP contribution in [0.3, 0.4) is 0 Å². The van der Waals surface area contributed by atoms with Gasteiger partial charge < -0.3 is 0 Å². The van der Waals surface area contributed by atoms with Gasteiger partial charge in [-0.15, -0.1) is 10.2 Å². The number of benzene rings is 1. The lowest BCUT2D eigenvalue weighted by atomic mass is 10.2. The van der Waals surface area contributed by atoms with Crippen molar-refractivity contribution in [2.75, 3.05) is 5.32 Å². The zero-order chi connectivity index (χ0) is 13.1. The number of aromatic nitrogens is 4. The molecule has 1 N–H and O–H groups in total. The summed E-state index contributed by atoms with van der Waals surface area (Å²) in [6.07, 6.45) is 3.55. The highest BCUT2D eigenvalue weighted by atomic mass is 32.1. The number of nitrogens with one attached hydrogen (secondary N) is 1. The third-order valence-electron chi connectivity index (χ3n) is 2.48. The lowest BCUT2D eigenvalue weighted by Crippen LogP contribution is -2.11. The van der Waals surface area contributed by atoms with E-state index in [2.05, 4.69) is 20.6 Å². The van der Waals surface area contributed by atoms with E-state index >= 15 is 0 Å². The molecule has 0 bridgehead atoms. The number of carbonyl (C=O) groups excluding carboxylic acids is 1. The predicted octanol–water partition coefficient (Wildman–Crippen LogP) is 1.98. The van der Waals surface area contributed by atoms with Gasteiger partial charge in [-0.1, -0.05) is 11.3 Å². The fourth-order valence-corrected chi connectivity index (χ4v) is 2.02. The second kappa shape index (κ2) is 4.99. The molecule has 6 nitrogen and oxygen atoms in total. The first kappa shape index (κ1) is 11.5. The van der Waals surface area contributed by atoms with Crippen molar-refractivity contribution in [1.82, 2.24) is 20.0 Å². The predicted molar refractivity (Wildman–Crippen MR) is 71.4 cm³/mol. The molecular formula is C12H9N5OS. The summed E-state index contributed by atoms with van der Waals surface area (Å²) in [5.74, 6) is -0.205. The van der Waals surface area contributed by atoms with Crippen molar-refractivity contribution in [2.45, 2.75) is 0 Å². The fraction of sp³-hybridized carbons (Fsp3) is 0. The number of nitrogens with zero attached hydrogens (tertiary/aromatic N) is 4. The quantitative estimate of drug-likeness (QED) is 0.790. The molecule has 7 heteroatoms. The molecule has 0 aliphatic rings. The van der Waals surface area contributed by atoms with E-state index in [0.717, 1.165) is 5.69 Å². The molecule has 1 aromatic carbocycles. The highest BCUT2D eigenvalue weighted by Crippen LogP contribution is 2.12. The molecule has 0 aliphatic heterocycles. The van der Waals surface area contributed by atoms with E-state index in [1.165, 1.54) is 11.3 Å². The summed E-state index contributed by atoms with van der Waals surface area (Å²) in [5, 5.41) is 14.7. The van der Waals surface area contributed by atoms with E-state index in [-0.39, 0.29) is 5.91 Å². The van der Waals surface area contributed by atoms with Gasteiger partial charge in [0, 0.05) is 18.0 Å². The molecule has 19 heavy (non-hydrogen) atoms.